The van der Waals surface area contributed by atoms with E-state index in [0.717, 1.165) is 51.5 Å². The van der Waals surface area contributed by atoms with Crippen LogP contribution in [0.3, 0.4) is 0 Å². The van der Waals surface area contributed by atoms with Crippen molar-refractivity contribution in [2.45, 2.75) is 57.3 Å². The predicted octanol–water partition coefficient (Wildman–Crippen LogP) is 1.60. The molecule has 0 radical (unpaired) electrons. The minimum atomic E-state index is 0.386. The molecular weight excluding hydrogens is 266 g/mol. The Labute approximate surface area is 127 Å². The van der Waals surface area contributed by atoms with Crippen LogP contribution in [-0.2, 0) is 9.47 Å². The molecule has 2 saturated heterocycles. The maximum absolute atomic E-state index is 5.90. The van der Waals surface area contributed by atoms with Crippen molar-refractivity contribution in [2.75, 3.05) is 26.3 Å². The van der Waals surface area contributed by atoms with Crippen LogP contribution in [0.2, 0.25) is 0 Å². The number of aliphatic imine (C=N–C) groups is 1. The van der Waals surface area contributed by atoms with Crippen LogP contribution in [0.25, 0.3) is 0 Å². The quantitative estimate of drug-likeness (QED) is 0.459. The normalized spacial score (nSPS) is 32.1. The highest BCUT2D eigenvalue weighted by molar-refractivity contribution is 5.80. The van der Waals surface area contributed by atoms with Gasteiger partial charge < -0.3 is 20.1 Å². The van der Waals surface area contributed by atoms with E-state index in [-0.39, 0.29) is 0 Å². The minimum Gasteiger partial charge on any atom is -0.377 e. The Morgan fingerprint density at radius 3 is 3.05 bits per heavy atom. The average molecular weight is 293 g/mol. The van der Waals surface area contributed by atoms with Crippen molar-refractivity contribution in [2.24, 2.45) is 4.99 Å². The molecule has 5 heteroatoms. The molecule has 0 aromatic rings. The first kappa shape index (κ1) is 14.9. The van der Waals surface area contributed by atoms with Crippen LogP contribution >= 0.6 is 0 Å². The van der Waals surface area contributed by atoms with Gasteiger partial charge in [-0.15, -0.1) is 0 Å². The van der Waals surface area contributed by atoms with E-state index in [4.69, 9.17) is 14.5 Å². The number of ether oxygens (including phenoxy) is 2. The van der Waals surface area contributed by atoms with E-state index in [1.54, 1.807) is 0 Å². The summed E-state index contributed by atoms with van der Waals surface area (Å²) in [5.41, 5.74) is 1.48. The Kier molecular flexibility index (Phi) is 5.14. The Morgan fingerprint density at radius 2 is 2.38 bits per heavy atom. The summed E-state index contributed by atoms with van der Waals surface area (Å²) in [5.74, 6) is 0.936. The van der Waals surface area contributed by atoms with Gasteiger partial charge in [0.2, 0.25) is 0 Å². The van der Waals surface area contributed by atoms with Crippen molar-refractivity contribution in [3.63, 3.8) is 0 Å². The van der Waals surface area contributed by atoms with Crippen molar-refractivity contribution in [1.82, 2.24) is 10.6 Å². The topological polar surface area (TPSA) is 54.9 Å². The molecule has 2 N–H and O–H groups in total. The molecular formula is C16H27N3O2. The first-order valence-electron chi connectivity index (χ1n) is 8.31. The molecule has 118 valence electrons. The first-order valence-corrected chi connectivity index (χ1v) is 8.31. The van der Waals surface area contributed by atoms with Crippen LogP contribution < -0.4 is 10.6 Å². The summed E-state index contributed by atoms with van der Waals surface area (Å²) in [4.78, 5) is 4.71. The van der Waals surface area contributed by atoms with Gasteiger partial charge in [0.15, 0.2) is 5.96 Å². The summed E-state index contributed by atoms with van der Waals surface area (Å²) in [5, 5.41) is 6.90. The summed E-state index contributed by atoms with van der Waals surface area (Å²) in [6.45, 7) is 5.46. The molecule has 0 spiro atoms. The van der Waals surface area contributed by atoms with Crippen LogP contribution in [0.5, 0.6) is 0 Å². The van der Waals surface area contributed by atoms with Gasteiger partial charge in [-0.05, 0) is 39.0 Å². The lowest BCUT2D eigenvalue weighted by atomic mass is 9.96. The Morgan fingerprint density at radius 1 is 1.43 bits per heavy atom. The maximum Gasteiger partial charge on any atom is 0.191 e. The SMILES string of the molecule is CCNC(=NCCC1=CCOCC1)NC1CC2CCC1O2. The van der Waals surface area contributed by atoms with Gasteiger partial charge in [0.1, 0.15) is 0 Å². The molecule has 0 aromatic heterocycles. The third-order valence-electron chi connectivity index (χ3n) is 4.53. The molecule has 3 unspecified atom stereocenters. The van der Waals surface area contributed by atoms with Crippen LogP contribution in [0.4, 0.5) is 0 Å². The highest BCUT2D eigenvalue weighted by Gasteiger charge is 2.41. The highest BCUT2D eigenvalue weighted by Crippen LogP contribution is 2.34. The third-order valence-corrected chi connectivity index (χ3v) is 4.53. The van der Waals surface area contributed by atoms with Gasteiger partial charge in [-0.2, -0.15) is 0 Å². The standard InChI is InChI=1S/C16H27N3O2/c1-2-17-16(18-8-5-12-6-9-20-10-7-12)19-14-11-13-3-4-15(14)21-13/h6,13-15H,2-5,7-11H2,1H3,(H2,17,18,19). The lowest BCUT2D eigenvalue weighted by molar-refractivity contribution is 0.0992. The summed E-state index contributed by atoms with van der Waals surface area (Å²) in [6, 6.07) is 0.434. The third kappa shape index (κ3) is 3.98. The molecule has 3 atom stereocenters. The molecule has 3 aliphatic rings. The Balaban J connectivity index is 1.48. The average Bonchev–Trinajstić information content (AvgIpc) is 3.11. The van der Waals surface area contributed by atoms with Crippen LogP contribution in [-0.4, -0.2) is 50.5 Å². The monoisotopic (exact) mass is 293 g/mol. The van der Waals surface area contributed by atoms with Crippen molar-refractivity contribution in [3.05, 3.63) is 11.6 Å². The van der Waals surface area contributed by atoms with Gasteiger partial charge in [-0.1, -0.05) is 11.6 Å². The lowest BCUT2D eigenvalue weighted by Crippen LogP contribution is -2.47. The number of fused-ring (bicyclic) bond motifs is 2. The van der Waals surface area contributed by atoms with Crippen LogP contribution in [0.15, 0.2) is 16.6 Å². The van der Waals surface area contributed by atoms with E-state index in [2.05, 4.69) is 23.6 Å². The lowest BCUT2D eigenvalue weighted by Gasteiger charge is -2.22. The molecule has 0 saturated carbocycles. The zero-order valence-electron chi connectivity index (χ0n) is 12.9. The Bertz CT molecular complexity index is 408. The molecule has 21 heavy (non-hydrogen) atoms. The molecule has 0 aliphatic carbocycles. The zero-order chi connectivity index (χ0) is 14.5. The van der Waals surface area contributed by atoms with Crippen LogP contribution in [0, 0.1) is 0 Å². The number of hydrogen-bond acceptors (Lipinski definition) is 3. The van der Waals surface area contributed by atoms with Gasteiger partial charge >= 0.3 is 0 Å². The second-order valence-electron chi connectivity index (χ2n) is 6.06. The summed E-state index contributed by atoms with van der Waals surface area (Å²) < 4.78 is 11.2. The Hall–Kier alpha value is -1.07. The van der Waals surface area contributed by atoms with E-state index >= 15 is 0 Å². The van der Waals surface area contributed by atoms with Crippen molar-refractivity contribution in [3.8, 4) is 0 Å². The van der Waals surface area contributed by atoms with Gasteiger partial charge in [-0.25, -0.2) is 0 Å². The molecule has 0 amide bonds. The van der Waals surface area contributed by atoms with Crippen molar-refractivity contribution in [1.29, 1.82) is 0 Å². The second-order valence-corrected chi connectivity index (χ2v) is 6.06. The molecule has 2 fully saturated rings. The maximum atomic E-state index is 5.90. The van der Waals surface area contributed by atoms with Crippen LogP contribution in [0.1, 0.15) is 39.0 Å². The fourth-order valence-corrected chi connectivity index (χ4v) is 3.39. The first-order chi connectivity index (χ1) is 10.3. The molecule has 0 aromatic carbocycles. The molecule has 5 nitrogen and oxygen atoms in total. The molecule has 3 aliphatic heterocycles. The van der Waals surface area contributed by atoms with E-state index in [1.807, 2.05) is 0 Å². The molecule has 3 rings (SSSR count). The van der Waals surface area contributed by atoms with E-state index in [0.29, 0.717) is 18.2 Å². The van der Waals surface area contributed by atoms with Gasteiger partial charge in [0.25, 0.3) is 0 Å². The fourth-order valence-electron chi connectivity index (χ4n) is 3.39. The number of rotatable bonds is 5. The summed E-state index contributed by atoms with van der Waals surface area (Å²) in [6.07, 6.45) is 8.69. The van der Waals surface area contributed by atoms with Crippen molar-refractivity contribution < 1.29 is 9.47 Å². The van der Waals surface area contributed by atoms with E-state index in [1.165, 1.54) is 18.4 Å². The fraction of sp³-hybridized carbons (Fsp3) is 0.812. The molecule has 3 heterocycles. The largest absolute Gasteiger partial charge is 0.377 e. The predicted molar refractivity (Wildman–Crippen MR) is 83.6 cm³/mol. The van der Waals surface area contributed by atoms with Gasteiger partial charge in [0.05, 0.1) is 31.5 Å². The zero-order valence-corrected chi connectivity index (χ0v) is 12.9. The second kappa shape index (κ2) is 7.27. The van der Waals surface area contributed by atoms with E-state index in [9.17, 15) is 0 Å². The smallest absolute Gasteiger partial charge is 0.191 e. The highest BCUT2D eigenvalue weighted by atomic mass is 16.5. The molecule has 2 bridgehead atoms. The van der Waals surface area contributed by atoms with Gasteiger partial charge in [-0.3, -0.25) is 4.99 Å². The number of nitrogens with zero attached hydrogens (tertiary/aromatic N) is 1. The minimum absolute atomic E-state index is 0.386. The number of nitrogens with one attached hydrogen (secondary N) is 2. The summed E-state index contributed by atoms with van der Waals surface area (Å²) >= 11 is 0. The van der Waals surface area contributed by atoms with E-state index < -0.39 is 0 Å². The number of guanidine groups is 1. The summed E-state index contributed by atoms with van der Waals surface area (Å²) in [7, 11) is 0. The van der Waals surface area contributed by atoms with Gasteiger partial charge in [0, 0.05) is 13.1 Å². The number of hydrogen-bond donors (Lipinski definition) is 2. The van der Waals surface area contributed by atoms with Crippen molar-refractivity contribution >= 4 is 5.96 Å².